The number of pyridine rings is 1. The second-order valence-electron chi connectivity index (χ2n) is 7.52. The molecule has 0 unspecified atom stereocenters. The summed E-state index contributed by atoms with van der Waals surface area (Å²) in [5.41, 5.74) is 8.93. The highest BCUT2D eigenvalue weighted by molar-refractivity contribution is 5.70. The smallest absolute Gasteiger partial charge is 0.0998 e. The number of rotatable bonds is 6. The second-order valence-corrected chi connectivity index (χ2v) is 7.52. The van der Waals surface area contributed by atoms with Crippen LogP contribution in [0.2, 0.25) is 0 Å². The maximum atomic E-state index is 9.37. The standard InChI is InChI=1S/C26H25N3/c1-3-4-11-25-24(26-12-7-8-19(2)29(26)28-25)17-20-13-15-21(16-14-20)23-10-6-5-9-22(23)18-27/h5-10,12-16H,3-4,11,17H2,1-2H3. The first-order chi connectivity index (χ1) is 14.2. The third kappa shape index (κ3) is 3.79. The summed E-state index contributed by atoms with van der Waals surface area (Å²) in [6, 6.07) is 25.0. The SMILES string of the molecule is CCCCc1nn2c(C)cccc2c1Cc1ccc(-c2ccccc2C#N)cc1. The van der Waals surface area contributed by atoms with Gasteiger partial charge in [0.1, 0.15) is 0 Å². The first-order valence-corrected chi connectivity index (χ1v) is 10.3. The minimum Gasteiger partial charge on any atom is -0.238 e. The summed E-state index contributed by atoms with van der Waals surface area (Å²) in [6.07, 6.45) is 4.20. The summed E-state index contributed by atoms with van der Waals surface area (Å²) in [4.78, 5) is 0. The second kappa shape index (κ2) is 8.32. The highest BCUT2D eigenvalue weighted by Gasteiger charge is 2.14. The van der Waals surface area contributed by atoms with Crippen molar-refractivity contribution in [1.82, 2.24) is 9.61 Å². The van der Waals surface area contributed by atoms with Gasteiger partial charge < -0.3 is 0 Å². The van der Waals surface area contributed by atoms with Gasteiger partial charge in [-0.1, -0.05) is 61.9 Å². The van der Waals surface area contributed by atoms with Crippen molar-refractivity contribution in [2.24, 2.45) is 0 Å². The number of aromatic nitrogens is 2. The van der Waals surface area contributed by atoms with Gasteiger partial charge in [-0.3, -0.25) is 0 Å². The van der Waals surface area contributed by atoms with Crippen LogP contribution in [0.15, 0.2) is 66.7 Å². The molecule has 4 aromatic rings. The van der Waals surface area contributed by atoms with E-state index >= 15 is 0 Å². The van der Waals surface area contributed by atoms with E-state index in [2.05, 4.69) is 66.9 Å². The summed E-state index contributed by atoms with van der Waals surface area (Å²) in [6.45, 7) is 4.33. The monoisotopic (exact) mass is 379 g/mol. The van der Waals surface area contributed by atoms with Gasteiger partial charge in [-0.15, -0.1) is 0 Å². The summed E-state index contributed by atoms with van der Waals surface area (Å²) in [7, 11) is 0. The quantitative estimate of drug-likeness (QED) is 0.405. The first-order valence-electron chi connectivity index (χ1n) is 10.3. The van der Waals surface area contributed by atoms with Crippen molar-refractivity contribution >= 4 is 5.52 Å². The molecule has 2 aromatic carbocycles. The van der Waals surface area contributed by atoms with Crippen molar-refractivity contribution in [2.75, 3.05) is 0 Å². The average molecular weight is 380 g/mol. The summed E-state index contributed by atoms with van der Waals surface area (Å²) in [5, 5.41) is 14.3. The molecule has 0 aliphatic heterocycles. The zero-order valence-corrected chi connectivity index (χ0v) is 17.0. The molecule has 0 N–H and O–H groups in total. The Balaban J connectivity index is 1.68. The van der Waals surface area contributed by atoms with E-state index in [0.717, 1.165) is 36.1 Å². The highest BCUT2D eigenvalue weighted by Crippen LogP contribution is 2.26. The number of fused-ring (bicyclic) bond motifs is 1. The summed E-state index contributed by atoms with van der Waals surface area (Å²) in [5.74, 6) is 0. The molecule has 0 bridgehead atoms. The van der Waals surface area contributed by atoms with Crippen molar-refractivity contribution in [2.45, 2.75) is 39.5 Å². The topological polar surface area (TPSA) is 41.1 Å². The Morgan fingerprint density at radius 3 is 2.52 bits per heavy atom. The van der Waals surface area contributed by atoms with Crippen molar-refractivity contribution < 1.29 is 0 Å². The van der Waals surface area contributed by atoms with Crippen LogP contribution in [0.4, 0.5) is 0 Å². The lowest BCUT2D eigenvalue weighted by atomic mass is 9.96. The van der Waals surface area contributed by atoms with Gasteiger partial charge in [0.15, 0.2) is 0 Å². The van der Waals surface area contributed by atoms with Crippen LogP contribution in [0, 0.1) is 18.3 Å². The van der Waals surface area contributed by atoms with E-state index in [1.54, 1.807) is 0 Å². The molecule has 0 spiro atoms. The molecule has 2 aromatic heterocycles. The molecule has 2 heterocycles. The van der Waals surface area contributed by atoms with E-state index in [1.807, 2.05) is 24.3 Å². The van der Waals surface area contributed by atoms with Crippen LogP contribution in [-0.2, 0) is 12.8 Å². The summed E-state index contributed by atoms with van der Waals surface area (Å²) < 4.78 is 2.08. The molecule has 4 rings (SSSR count). The van der Waals surface area contributed by atoms with Crippen molar-refractivity contribution in [3.05, 3.63) is 94.8 Å². The molecule has 0 amide bonds. The zero-order valence-electron chi connectivity index (χ0n) is 17.0. The fourth-order valence-corrected chi connectivity index (χ4v) is 3.88. The van der Waals surface area contributed by atoms with E-state index in [1.165, 1.54) is 28.8 Å². The molecule has 29 heavy (non-hydrogen) atoms. The number of unbranched alkanes of at least 4 members (excludes halogenated alkanes) is 1. The van der Waals surface area contributed by atoms with Gasteiger partial charge in [0.05, 0.1) is 22.8 Å². The van der Waals surface area contributed by atoms with Gasteiger partial charge in [0.2, 0.25) is 0 Å². The average Bonchev–Trinajstić information content (AvgIpc) is 3.11. The fourth-order valence-electron chi connectivity index (χ4n) is 3.88. The van der Waals surface area contributed by atoms with E-state index in [9.17, 15) is 5.26 Å². The van der Waals surface area contributed by atoms with Gasteiger partial charge >= 0.3 is 0 Å². The van der Waals surface area contributed by atoms with E-state index in [4.69, 9.17) is 5.10 Å². The predicted molar refractivity (Wildman–Crippen MR) is 118 cm³/mol. The van der Waals surface area contributed by atoms with Gasteiger partial charge in [0.25, 0.3) is 0 Å². The molecular weight excluding hydrogens is 354 g/mol. The van der Waals surface area contributed by atoms with Crippen molar-refractivity contribution in [3.8, 4) is 17.2 Å². The molecule has 0 radical (unpaired) electrons. The molecular formula is C26H25N3. The lowest BCUT2D eigenvalue weighted by Gasteiger charge is -2.07. The Labute approximate surface area is 172 Å². The molecule has 3 heteroatoms. The Morgan fingerprint density at radius 1 is 0.966 bits per heavy atom. The molecule has 0 fully saturated rings. The van der Waals surface area contributed by atoms with Crippen LogP contribution in [0.25, 0.3) is 16.6 Å². The van der Waals surface area contributed by atoms with Crippen molar-refractivity contribution in [3.63, 3.8) is 0 Å². The molecule has 0 atom stereocenters. The molecule has 144 valence electrons. The van der Waals surface area contributed by atoms with Crippen LogP contribution in [0.5, 0.6) is 0 Å². The minimum atomic E-state index is 0.709. The van der Waals surface area contributed by atoms with Crippen LogP contribution in [0.1, 0.15) is 47.8 Å². The maximum Gasteiger partial charge on any atom is 0.0998 e. The van der Waals surface area contributed by atoms with Crippen LogP contribution < -0.4 is 0 Å². The first kappa shape index (κ1) is 19.0. The zero-order chi connectivity index (χ0) is 20.2. The molecule has 0 aliphatic rings. The minimum absolute atomic E-state index is 0.709. The molecule has 0 saturated carbocycles. The lowest BCUT2D eigenvalue weighted by Crippen LogP contribution is -1.95. The van der Waals surface area contributed by atoms with Gasteiger partial charge in [-0.25, -0.2) is 4.52 Å². The number of nitriles is 1. The number of nitrogens with zero attached hydrogens (tertiary/aromatic N) is 3. The normalized spacial score (nSPS) is 10.9. The Bertz CT molecular complexity index is 1180. The Morgan fingerprint density at radius 2 is 1.76 bits per heavy atom. The molecule has 0 saturated heterocycles. The van der Waals surface area contributed by atoms with Crippen LogP contribution in [0.3, 0.4) is 0 Å². The van der Waals surface area contributed by atoms with Gasteiger partial charge in [0, 0.05) is 17.7 Å². The maximum absolute atomic E-state index is 9.37. The van der Waals surface area contributed by atoms with Crippen LogP contribution in [-0.4, -0.2) is 9.61 Å². The van der Waals surface area contributed by atoms with Gasteiger partial charge in [-0.05, 0) is 54.7 Å². The Hall–Kier alpha value is -3.38. The number of aryl methyl sites for hydroxylation is 2. The largest absolute Gasteiger partial charge is 0.238 e. The molecule has 3 nitrogen and oxygen atoms in total. The fraction of sp³-hybridized carbons (Fsp3) is 0.231. The predicted octanol–water partition coefficient (Wildman–Crippen LogP) is 6.11. The third-order valence-corrected chi connectivity index (χ3v) is 5.49. The number of hydrogen-bond donors (Lipinski definition) is 0. The van der Waals surface area contributed by atoms with Crippen molar-refractivity contribution in [1.29, 1.82) is 5.26 Å². The van der Waals surface area contributed by atoms with Crippen LogP contribution >= 0.6 is 0 Å². The highest BCUT2D eigenvalue weighted by atomic mass is 15.2. The van der Waals surface area contributed by atoms with E-state index in [-0.39, 0.29) is 0 Å². The van der Waals surface area contributed by atoms with E-state index < -0.39 is 0 Å². The number of benzene rings is 2. The lowest BCUT2D eigenvalue weighted by molar-refractivity contribution is 0.753. The van der Waals surface area contributed by atoms with E-state index in [0.29, 0.717) is 5.56 Å². The summed E-state index contributed by atoms with van der Waals surface area (Å²) >= 11 is 0. The number of hydrogen-bond acceptors (Lipinski definition) is 2. The molecule has 0 aliphatic carbocycles. The van der Waals surface area contributed by atoms with Gasteiger partial charge in [-0.2, -0.15) is 10.4 Å². The third-order valence-electron chi connectivity index (χ3n) is 5.49. The Kier molecular flexibility index (Phi) is 5.44.